The van der Waals surface area contributed by atoms with Crippen LogP contribution >= 0.6 is 11.8 Å². The zero-order valence-electron chi connectivity index (χ0n) is 15.9. The Morgan fingerprint density at radius 2 is 2.00 bits per heavy atom. The van der Waals surface area contributed by atoms with Crippen LogP contribution in [0.1, 0.15) is 23.6 Å². The van der Waals surface area contributed by atoms with Crippen molar-refractivity contribution in [3.63, 3.8) is 0 Å². The maximum Gasteiger partial charge on any atom is 0.416 e. The first-order valence-electron chi connectivity index (χ1n) is 8.94. The van der Waals surface area contributed by atoms with Gasteiger partial charge in [0.25, 0.3) is 0 Å². The number of hydrogen-bond acceptors (Lipinski definition) is 6. The predicted octanol–water partition coefficient (Wildman–Crippen LogP) is 4.24. The third-order valence-corrected chi connectivity index (χ3v) is 4.72. The molecule has 1 saturated heterocycles. The lowest BCUT2D eigenvalue weighted by Gasteiger charge is -2.13. The number of ether oxygens (including phenoxy) is 2. The highest BCUT2D eigenvalue weighted by Gasteiger charge is 2.30. The molecule has 2 aromatic carbocycles. The van der Waals surface area contributed by atoms with E-state index in [0.717, 1.165) is 12.1 Å². The Labute approximate surface area is 175 Å². The Bertz CT molecular complexity index is 977. The van der Waals surface area contributed by atoms with Crippen molar-refractivity contribution >= 4 is 29.1 Å². The third-order valence-electron chi connectivity index (χ3n) is 3.86. The molecule has 6 nitrogen and oxygen atoms in total. The van der Waals surface area contributed by atoms with E-state index in [0.29, 0.717) is 40.2 Å². The van der Waals surface area contributed by atoms with Crippen LogP contribution in [0.4, 0.5) is 13.2 Å². The van der Waals surface area contributed by atoms with E-state index in [2.05, 4.69) is 15.5 Å². The summed E-state index contributed by atoms with van der Waals surface area (Å²) in [6, 6.07) is 10.0. The zero-order chi connectivity index (χ0) is 21.6. The van der Waals surface area contributed by atoms with Gasteiger partial charge in [-0.2, -0.15) is 18.3 Å². The molecule has 3 rings (SSSR count). The van der Waals surface area contributed by atoms with Crippen LogP contribution in [-0.4, -0.2) is 29.6 Å². The summed E-state index contributed by atoms with van der Waals surface area (Å²) in [6.45, 7) is 2.15. The number of nitrogens with zero attached hydrogens (tertiary/aromatic N) is 2. The summed E-state index contributed by atoms with van der Waals surface area (Å²) in [4.78, 5) is 11.1. The molecule has 0 spiro atoms. The summed E-state index contributed by atoms with van der Waals surface area (Å²) < 4.78 is 49.8. The average Bonchev–Trinajstić information content (AvgIpc) is 3.12. The van der Waals surface area contributed by atoms with Crippen LogP contribution in [0.5, 0.6) is 11.5 Å². The van der Waals surface area contributed by atoms with E-state index in [4.69, 9.17) is 9.47 Å². The molecular weight excluding hydrogens is 419 g/mol. The summed E-state index contributed by atoms with van der Waals surface area (Å²) in [6.07, 6.45) is -2.91. The second-order valence-electron chi connectivity index (χ2n) is 6.11. The number of halogens is 3. The van der Waals surface area contributed by atoms with Crippen LogP contribution in [0.25, 0.3) is 0 Å². The number of thioether (sulfide) groups is 1. The summed E-state index contributed by atoms with van der Waals surface area (Å²) in [5.41, 5.74) is 0.354. The summed E-state index contributed by atoms with van der Waals surface area (Å²) in [5.74, 6) is 1.04. The fraction of sp³-hybridized carbons (Fsp3) is 0.250. The molecule has 10 heteroatoms. The van der Waals surface area contributed by atoms with Crippen molar-refractivity contribution < 1.29 is 27.4 Å². The zero-order valence-corrected chi connectivity index (χ0v) is 16.7. The lowest BCUT2D eigenvalue weighted by atomic mass is 10.1. The highest BCUT2D eigenvalue weighted by molar-refractivity contribution is 8.15. The Kier molecular flexibility index (Phi) is 6.99. The number of amidine groups is 1. The first-order chi connectivity index (χ1) is 14.3. The molecule has 0 aromatic heterocycles. The highest BCUT2D eigenvalue weighted by Crippen LogP contribution is 2.31. The minimum Gasteiger partial charge on any atom is -0.490 e. The van der Waals surface area contributed by atoms with Gasteiger partial charge in [-0.05, 0) is 48.4 Å². The van der Waals surface area contributed by atoms with Gasteiger partial charge in [0.15, 0.2) is 16.7 Å². The van der Waals surface area contributed by atoms with Crippen molar-refractivity contribution in [3.05, 3.63) is 59.2 Å². The Morgan fingerprint density at radius 1 is 1.17 bits per heavy atom. The van der Waals surface area contributed by atoms with Gasteiger partial charge in [0.2, 0.25) is 5.91 Å². The van der Waals surface area contributed by atoms with E-state index >= 15 is 0 Å². The Morgan fingerprint density at radius 3 is 2.70 bits per heavy atom. The van der Waals surface area contributed by atoms with Crippen LogP contribution in [0, 0.1) is 0 Å². The van der Waals surface area contributed by atoms with Crippen molar-refractivity contribution in [1.82, 2.24) is 5.32 Å². The van der Waals surface area contributed by atoms with Crippen LogP contribution in [0.2, 0.25) is 0 Å². The van der Waals surface area contributed by atoms with Gasteiger partial charge in [0.1, 0.15) is 6.61 Å². The maximum atomic E-state index is 12.9. The number of alkyl halides is 3. The molecular formula is C20H18F3N3O3S. The van der Waals surface area contributed by atoms with E-state index < -0.39 is 11.7 Å². The van der Waals surface area contributed by atoms with Crippen molar-refractivity contribution in [2.24, 2.45) is 10.2 Å². The minimum absolute atomic E-state index is 0.0397. The Hall–Kier alpha value is -3.01. The number of rotatable bonds is 7. The van der Waals surface area contributed by atoms with E-state index in [1.54, 1.807) is 24.3 Å². The standard InChI is InChI=1S/C20H18F3N3O3S/c1-2-28-17-9-13(10-24-26-19-25-18(27)12-30-19)6-7-16(17)29-11-14-4-3-5-15(8-14)20(21,22)23/h3-10H,2,11-12H2,1H3,(H,25,26,27). The molecule has 1 aliphatic heterocycles. The van der Waals surface area contributed by atoms with E-state index in [9.17, 15) is 18.0 Å². The molecule has 0 radical (unpaired) electrons. The molecule has 0 saturated carbocycles. The molecule has 30 heavy (non-hydrogen) atoms. The van der Waals surface area contributed by atoms with Crippen LogP contribution in [-0.2, 0) is 17.6 Å². The number of benzene rings is 2. The number of amides is 1. The predicted molar refractivity (Wildman–Crippen MR) is 109 cm³/mol. The minimum atomic E-state index is -4.41. The van der Waals surface area contributed by atoms with Crippen molar-refractivity contribution in [3.8, 4) is 11.5 Å². The second-order valence-corrected chi connectivity index (χ2v) is 7.08. The topological polar surface area (TPSA) is 72.3 Å². The van der Waals surface area contributed by atoms with Gasteiger partial charge in [0.05, 0.1) is 24.1 Å². The SMILES string of the molecule is CCOc1cc(C=NN=C2NC(=O)CS2)ccc1OCc1cccc(C(F)(F)F)c1. The van der Waals surface area contributed by atoms with Gasteiger partial charge in [-0.3, -0.25) is 4.79 Å². The molecule has 158 valence electrons. The fourth-order valence-electron chi connectivity index (χ4n) is 2.52. The lowest BCUT2D eigenvalue weighted by molar-refractivity contribution is -0.137. The average molecular weight is 437 g/mol. The smallest absolute Gasteiger partial charge is 0.416 e. The van der Waals surface area contributed by atoms with Gasteiger partial charge < -0.3 is 14.8 Å². The van der Waals surface area contributed by atoms with Gasteiger partial charge in [-0.1, -0.05) is 23.9 Å². The van der Waals surface area contributed by atoms with Crippen LogP contribution < -0.4 is 14.8 Å². The van der Waals surface area contributed by atoms with Crippen molar-refractivity contribution in [2.75, 3.05) is 12.4 Å². The molecule has 1 heterocycles. The van der Waals surface area contributed by atoms with Gasteiger partial charge in [-0.15, -0.1) is 5.10 Å². The number of carbonyl (C=O) groups is 1. The van der Waals surface area contributed by atoms with Crippen molar-refractivity contribution in [2.45, 2.75) is 19.7 Å². The maximum absolute atomic E-state index is 12.9. The van der Waals surface area contributed by atoms with E-state index in [1.807, 2.05) is 6.92 Å². The molecule has 0 unspecified atom stereocenters. The van der Waals surface area contributed by atoms with Crippen LogP contribution in [0.3, 0.4) is 0 Å². The first-order valence-corrected chi connectivity index (χ1v) is 9.93. The Balaban J connectivity index is 1.70. The number of carbonyl (C=O) groups excluding carboxylic acids is 1. The summed E-state index contributed by atoms with van der Waals surface area (Å²) in [7, 11) is 0. The molecule has 1 aliphatic rings. The quantitative estimate of drug-likeness (QED) is 0.520. The number of hydrogen-bond donors (Lipinski definition) is 1. The third kappa shape index (κ3) is 5.99. The molecule has 2 aromatic rings. The van der Waals surface area contributed by atoms with E-state index in [-0.39, 0.29) is 12.5 Å². The highest BCUT2D eigenvalue weighted by atomic mass is 32.2. The van der Waals surface area contributed by atoms with E-state index in [1.165, 1.54) is 24.0 Å². The molecule has 1 N–H and O–H groups in total. The molecule has 1 fully saturated rings. The van der Waals surface area contributed by atoms with Gasteiger partial charge in [0, 0.05) is 0 Å². The largest absolute Gasteiger partial charge is 0.490 e. The molecule has 1 amide bonds. The molecule has 0 aliphatic carbocycles. The van der Waals surface area contributed by atoms with Gasteiger partial charge >= 0.3 is 6.18 Å². The molecule has 0 bridgehead atoms. The lowest BCUT2D eigenvalue weighted by Crippen LogP contribution is -2.19. The number of nitrogens with one attached hydrogen (secondary N) is 1. The van der Waals surface area contributed by atoms with Gasteiger partial charge in [-0.25, -0.2) is 0 Å². The molecule has 0 atom stereocenters. The first kappa shape index (κ1) is 21.7. The monoisotopic (exact) mass is 437 g/mol. The van der Waals surface area contributed by atoms with Crippen molar-refractivity contribution in [1.29, 1.82) is 0 Å². The summed E-state index contributed by atoms with van der Waals surface area (Å²) >= 11 is 1.27. The summed E-state index contributed by atoms with van der Waals surface area (Å²) in [5, 5.41) is 10.9. The second kappa shape index (κ2) is 9.66. The normalized spacial score (nSPS) is 15.6. The fourth-order valence-corrected chi connectivity index (χ4v) is 3.15. The van der Waals surface area contributed by atoms with Crippen LogP contribution in [0.15, 0.2) is 52.7 Å².